The van der Waals surface area contributed by atoms with E-state index in [1.54, 1.807) is 4.90 Å². The van der Waals surface area contributed by atoms with Crippen molar-refractivity contribution in [2.24, 2.45) is 5.92 Å². The molecule has 2 saturated heterocycles. The zero-order chi connectivity index (χ0) is 14.0. The van der Waals surface area contributed by atoms with Crippen molar-refractivity contribution in [3.05, 3.63) is 41.2 Å². The van der Waals surface area contributed by atoms with Gasteiger partial charge in [-0.15, -0.1) is 0 Å². The minimum absolute atomic E-state index is 0.00219. The van der Waals surface area contributed by atoms with Crippen LogP contribution in [-0.2, 0) is 4.79 Å². The smallest absolute Gasteiger partial charge is 0.305 e. The first kappa shape index (κ1) is 11.9. The van der Waals surface area contributed by atoms with E-state index in [-0.39, 0.29) is 28.9 Å². The Morgan fingerprint density at radius 2 is 2.05 bits per heavy atom. The molecule has 6 heteroatoms. The lowest BCUT2D eigenvalue weighted by molar-refractivity contribution is -0.119. The number of anilines is 1. The fraction of sp³-hybridized carbons (Fsp3) is 0.286. The van der Waals surface area contributed by atoms with Crippen LogP contribution >= 0.6 is 11.6 Å². The van der Waals surface area contributed by atoms with E-state index in [2.05, 4.69) is 0 Å². The highest BCUT2D eigenvalue weighted by atomic mass is 35.5. The van der Waals surface area contributed by atoms with Gasteiger partial charge in [0.1, 0.15) is 11.9 Å². The lowest BCUT2D eigenvalue weighted by Gasteiger charge is -2.22. The van der Waals surface area contributed by atoms with Gasteiger partial charge in [-0.2, -0.15) is 0 Å². The van der Waals surface area contributed by atoms with Crippen LogP contribution < -0.4 is 4.90 Å². The van der Waals surface area contributed by atoms with Crippen LogP contribution in [0.15, 0.2) is 30.4 Å². The second kappa shape index (κ2) is 3.82. The van der Waals surface area contributed by atoms with E-state index in [4.69, 9.17) is 11.6 Å². The van der Waals surface area contributed by atoms with Crippen LogP contribution in [0.5, 0.6) is 0 Å². The molecule has 1 aromatic carbocycles. The van der Waals surface area contributed by atoms with Gasteiger partial charge in [0.05, 0.1) is 16.8 Å². The number of imide groups is 1. The molecule has 3 amide bonds. The zero-order valence-corrected chi connectivity index (χ0v) is 11.0. The molecule has 4 nitrogen and oxygen atoms in total. The molecule has 2 fully saturated rings. The summed E-state index contributed by atoms with van der Waals surface area (Å²) in [6.07, 6.45) is 4.78. The zero-order valence-electron chi connectivity index (χ0n) is 10.3. The molecule has 2 aliphatic heterocycles. The van der Waals surface area contributed by atoms with Crippen LogP contribution in [-0.4, -0.2) is 28.9 Å². The maximum atomic E-state index is 13.2. The van der Waals surface area contributed by atoms with Crippen molar-refractivity contribution in [2.75, 3.05) is 4.90 Å². The third kappa shape index (κ3) is 1.36. The van der Waals surface area contributed by atoms with Crippen LogP contribution in [0.25, 0.3) is 0 Å². The summed E-state index contributed by atoms with van der Waals surface area (Å²) in [6.45, 7) is 0. The Bertz CT molecular complexity index is 645. The molecule has 0 saturated carbocycles. The molecule has 102 valence electrons. The number of urea groups is 1. The summed E-state index contributed by atoms with van der Waals surface area (Å²) in [5, 5.41) is -0.101. The second-order valence-corrected chi connectivity index (χ2v) is 5.67. The average molecular weight is 293 g/mol. The normalized spacial score (nSPS) is 30.6. The predicted molar refractivity (Wildman–Crippen MR) is 71.0 cm³/mol. The van der Waals surface area contributed by atoms with Gasteiger partial charge in [-0.1, -0.05) is 23.8 Å². The highest BCUT2D eigenvalue weighted by molar-refractivity contribution is 6.31. The number of nitrogens with zero attached hydrogens (tertiary/aromatic N) is 2. The van der Waals surface area contributed by atoms with Gasteiger partial charge in [-0.25, -0.2) is 14.1 Å². The second-order valence-electron chi connectivity index (χ2n) is 5.26. The van der Waals surface area contributed by atoms with Crippen LogP contribution in [0.1, 0.15) is 6.42 Å². The van der Waals surface area contributed by atoms with Crippen molar-refractivity contribution in [3.8, 4) is 0 Å². The third-order valence-electron chi connectivity index (χ3n) is 4.20. The molecule has 2 heterocycles. The Balaban J connectivity index is 1.76. The van der Waals surface area contributed by atoms with Crippen molar-refractivity contribution >= 4 is 29.2 Å². The minimum atomic E-state index is -0.572. The third-order valence-corrected chi connectivity index (χ3v) is 4.49. The lowest BCUT2D eigenvalue weighted by atomic mass is 10.0. The van der Waals surface area contributed by atoms with E-state index < -0.39 is 11.9 Å². The fourth-order valence-corrected chi connectivity index (χ4v) is 3.50. The first-order valence-electron chi connectivity index (χ1n) is 6.37. The molecule has 4 rings (SSSR count). The Morgan fingerprint density at radius 3 is 2.75 bits per heavy atom. The van der Waals surface area contributed by atoms with Crippen molar-refractivity contribution in [3.63, 3.8) is 0 Å². The van der Waals surface area contributed by atoms with Crippen molar-refractivity contribution in [1.82, 2.24) is 4.90 Å². The molecule has 2 bridgehead atoms. The molecular formula is C14H10ClFN2O2. The van der Waals surface area contributed by atoms with Crippen LogP contribution in [0.2, 0.25) is 5.02 Å². The SMILES string of the molecule is O=C1[C@@H]2[C@@H]3C=C[C@@H](C3)N2C(=O)N1c1ccc(F)c(Cl)c1. The van der Waals surface area contributed by atoms with E-state index in [0.717, 1.165) is 17.4 Å². The summed E-state index contributed by atoms with van der Waals surface area (Å²) in [4.78, 5) is 27.6. The molecule has 20 heavy (non-hydrogen) atoms. The number of carbonyl (C=O) groups is 2. The van der Waals surface area contributed by atoms with Gasteiger partial charge >= 0.3 is 6.03 Å². The molecule has 3 atom stereocenters. The number of rotatable bonds is 1. The van der Waals surface area contributed by atoms with E-state index in [1.165, 1.54) is 12.1 Å². The number of benzene rings is 1. The number of amides is 3. The van der Waals surface area contributed by atoms with E-state index in [0.29, 0.717) is 5.69 Å². The van der Waals surface area contributed by atoms with Crippen molar-refractivity contribution < 1.29 is 14.0 Å². The molecule has 0 N–H and O–H groups in total. The summed E-state index contributed by atoms with van der Waals surface area (Å²) in [5.74, 6) is -0.733. The quantitative estimate of drug-likeness (QED) is 0.589. The molecule has 0 unspecified atom stereocenters. The van der Waals surface area contributed by atoms with Gasteiger partial charge < -0.3 is 4.90 Å². The minimum Gasteiger partial charge on any atom is -0.305 e. The summed E-state index contributed by atoms with van der Waals surface area (Å²) >= 11 is 5.73. The number of carbonyl (C=O) groups excluding carboxylic acids is 2. The average Bonchev–Trinajstić information content (AvgIpc) is 3.08. The summed E-state index contributed by atoms with van der Waals surface area (Å²) in [6, 6.07) is 3.11. The lowest BCUT2D eigenvalue weighted by Crippen LogP contribution is -2.38. The fourth-order valence-electron chi connectivity index (χ4n) is 3.33. The van der Waals surface area contributed by atoms with Crippen LogP contribution in [0.4, 0.5) is 14.9 Å². The van der Waals surface area contributed by atoms with Gasteiger partial charge in [-0.05, 0) is 24.6 Å². The number of hydrogen-bond acceptors (Lipinski definition) is 2. The van der Waals surface area contributed by atoms with Crippen LogP contribution in [0, 0.1) is 11.7 Å². The largest absolute Gasteiger partial charge is 0.332 e. The highest BCUT2D eigenvalue weighted by Gasteiger charge is 2.57. The monoisotopic (exact) mass is 292 g/mol. The molecular weight excluding hydrogens is 283 g/mol. The van der Waals surface area contributed by atoms with E-state index in [9.17, 15) is 14.0 Å². The predicted octanol–water partition coefficient (Wildman–Crippen LogP) is 2.57. The first-order chi connectivity index (χ1) is 9.58. The Hall–Kier alpha value is -1.88. The number of fused-ring (bicyclic) bond motifs is 5. The Labute approximate surface area is 119 Å². The van der Waals surface area contributed by atoms with Crippen molar-refractivity contribution in [2.45, 2.75) is 18.5 Å². The number of halogens is 2. The standard InChI is InChI=1S/C14H10ClFN2O2/c15-10-6-9(3-4-11(10)16)18-13(19)12-7-1-2-8(5-7)17(12)14(18)20/h1-4,6-8,12H,5H2/t7-,8+,12+/m1/s1. The molecule has 0 aromatic heterocycles. The van der Waals surface area contributed by atoms with Crippen LogP contribution in [0.3, 0.4) is 0 Å². The molecule has 3 aliphatic rings. The molecule has 1 aliphatic carbocycles. The summed E-state index contributed by atoms with van der Waals surface area (Å²) in [7, 11) is 0. The Kier molecular flexibility index (Phi) is 2.27. The number of hydrogen-bond donors (Lipinski definition) is 0. The van der Waals surface area contributed by atoms with Gasteiger partial charge in [0.2, 0.25) is 0 Å². The van der Waals surface area contributed by atoms with E-state index >= 15 is 0 Å². The topological polar surface area (TPSA) is 40.6 Å². The van der Waals surface area contributed by atoms with Crippen molar-refractivity contribution in [1.29, 1.82) is 0 Å². The van der Waals surface area contributed by atoms with Gasteiger partial charge in [0, 0.05) is 5.92 Å². The maximum Gasteiger partial charge on any atom is 0.332 e. The van der Waals surface area contributed by atoms with Gasteiger partial charge in [-0.3, -0.25) is 4.79 Å². The molecule has 1 aromatic rings. The summed E-state index contributed by atoms with van der Waals surface area (Å²) < 4.78 is 13.2. The molecule has 0 radical (unpaired) electrons. The highest BCUT2D eigenvalue weighted by Crippen LogP contribution is 2.43. The first-order valence-corrected chi connectivity index (χ1v) is 6.75. The maximum absolute atomic E-state index is 13.2. The summed E-state index contributed by atoms with van der Waals surface area (Å²) in [5.41, 5.74) is 0.320. The van der Waals surface area contributed by atoms with Gasteiger partial charge in [0.25, 0.3) is 5.91 Å². The Morgan fingerprint density at radius 1 is 1.25 bits per heavy atom. The molecule has 0 spiro atoms. The van der Waals surface area contributed by atoms with Gasteiger partial charge in [0.15, 0.2) is 0 Å². The van der Waals surface area contributed by atoms with E-state index in [1.807, 2.05) is 12.2 Å².